The van der Waals surface area contributed by atoms with Crippen molar-refractivity contribution in [3.05, 3.63) is 0 Å². The fourth-order valence-corrected chi connectivity index (χ4v) is 1.16. The van der Waals surface area contributed by atoms with E-state index in [2.05, 4.69) is 0 Å². The van der Waals surface area contributed by atoms with Gasteiger partial charge in [0.2, 0.25) is 0 Å². The minimum absolute atomic E-state index is 0.358. The predicted molar refractivity (Wildman–Crippen MR) is 47.7 cm³/mol. The van der Waals surface area contributed by atoms with Crippen LogP contribution in [0.1, 0.15) is 12.8 Å². The van der Waals surface area contributed by atoms with E-state index in [1.807, 2.05) is 0 Å². The summed E-state index contributed by atoms with van der Waals surface area (Å²) in [5.74, 6) is 0. The lowest BCUT2D eigenvalue weighted by Gasteiger charge is -2.13. The Morgan fingerprint density at radius 3 is 2.23 bits per heavy atom. The molecule has 1 aliphatic rings. The van der Waals surface area contributed by atoms with Gasteiger partial charge in [-0.15, -0.1) is 0 Å². The van der Waals surface area contributed by atoms with E-state index in [0.29, 0.717) is 39.6 Å². The van der Waals surface area contributed by atoms with Crippen LogP contribution in [0.4, 0.5) is 0 Å². The molecule has 0 aliphatic carbocycles. The van der Waals surface area contributed by atoms with Crippen molar-refractivity contribution >= 4 is 0 Å². The molecule has 13 heavy (non-hydrogen) atoms. The Balaban J connectivity index is 2.11. The van der Waals surface area contributed by atoms with E-state index in [4.69, 9.17) is 14.2 Å². The Labute approximate surface area is 78.8 Å². The third-order valence-corrected chi connectivity index (χ3v) is 1.88. The molecule has 78 valence electrons. The van der Waals surface area contributed by atoms with Crippen LogP contribution < -0.4 is 0 Å². The molecule has 0 saturated carbocycles. The number of hydrogen-bond acceptors (Lipinski definition) is 4. The van der Waals surface area contributed by atoms with Gasteiger partial charge < -0.3 is 19.3 Å². The van der Waals surface area contributed by atoms with Gasteiger partial charge in [-0.25, -0.2) is 0 Å². The van der Waals surface area contributed by atoms with Crippen LogP contribution in [0.25, 0.3) is 0 Å². The highest BCUT2D eigenvalue weighted by atomic mass is 16.5. The lowest BCUT2D eigenvalue weighted by molar-refractivity contribution is -0.0236. The average molecular weight is 190 g/mol. The Morgan fingerprint density at radius 2 is 1.46 bits per heavy atom. The standard InChI is InChI=1S/C9H18O4/c10-9-2-1-3-11-4-5-12-6-7-13-8-9/h9-10H,1-8H2. The van der Waals surface area contributed by atoms with Crippen molar-refractivity contribution in [3.63, 3.8) is 0 Å². The van der Waals surface area contributed by atoms with E-state index in [1.165, 1.54) is 0 Å². The highest BCUT2D eigenvalue weighted by Crippen LogP contribution is 1.99. The molecule has 4 heteroatoms. The number of aliphatic hydroxyl groups excluding tert-OH is 1. The predicted octanol–water partition coefficient (Wildman–Crippen LogP) is 0.191. The highest BCUT2D eigenvalue weighted by Gasteiger charge is 2.04. The van der Waals surface area contributed by atoms with Crippen LogP contribution in [0.3, 0.4) is 0 Å². The SMILES string of the molecule is OC1CCCOCCOCCOC1. The van der Waals surface area contributed by atoms with Gasteiger partial charge in [-0.05, 0) is 12.8 Å². The molecule has 0 spiro atoms. The minimum Gasteiger partial charge on any atom is -0.391 e. The van der Waals surface area contributed by atoms with Gasteiger partial charge in [0.1, 0.15) is 0 Å². The normalized spacial score (nSPS) is 28.8. The maximum Gasteiger partial charge on any atom is 0.0774 e. The van der Waals surface area contributed by atoms with Crippen LogP contribution in [-0.4, -0.2) is 50.9 Å². The zero-order chi connectivity index (χ0) is 9.36. The van der Waals surface area contributed by atoms with Crippen LogP contribution in [-0.2, 0) is 14.2 Å². The molecular weight excluding hydrogens is 172 g/mol. The van der Waals surface area contributed by atoms with Crippen molar-refractivity contribution < 1.29 is 19.3 Å². The summed E-state index contributed by atoms with van der Waals surface area (Å²) in [4.78, 5) is 0. The zero-order valence-corrected chi connectivity index (χ0v) is 7.91. The highest BCUT2D eigenvalue weighted by molar-refractivity contribution is 4.54. The lowest BCUT2D eigenvalue weighted by Crippen LogP contribution is -2.19. The summed E-state index contributed by atoms with van der Waals surface area (Å²) < 4.78 is 15.7. The lowest BCUT2D eigenvalue weighted by atomic mass is 10.2. The monoisotopic (exact) mass is 190 g/mol. The second-order valence-corrected chi connectivity index (χ2v) is 3.10. The minimum atomic E-state index is -0.358. The average Bonchev–Trinajstić information content (AvgIpc) is 2.11. The summed E-state index contributed by atoms with van der Waals surface area (Å²) in [5, 5.41) is 9.37. The van der Waals surface area contributed by atoms with Crippen molar-refractivity contribution in [1.29, 1.82) is 0 Å². The molecule has 1 aliphatic heterocycles. The number of rotatable bonds is 0. The Hall–Kier alpha value is -0.160. The molecule has 1 unspecified atom stereocenters. The molecule has 1 saturated heterocycles. The second-order valence-electron chi connectivity index (χ2n) is 3.10. The van der Waals surface area contributed by atoms with Gasteiger partial charge in [-0.1, -0.05) is 0 Å². The summed E-state index contributed by atoms with van der Waals surface area (Å²) in [6.07, 6.45) is 1.27. The van der Waals surface area contributed by atoms with Gasteiger partial charge >= 0.3 is 0 Å². The molecule has 0 aromatic heterocycles. The summed E-state index contributed by atoms with van der Waals surface area (Å²) >= 11 is 0. The summed E-state index contributed by atoms with van der Waals surface area (Å²) in [6.45, 7) is 3.50. The summed E-state index contributed by atoms with van der Waals surface area (Å²) in [6, 6.07) is 0. The van der Waals surface area contributed by atoms with Crippen LogP contribution in [0.2, 0.25) is 0 Å². The molecule has 0 amide bonds. The first-order chi connectivity index (χ1) is 6.39. The smallest absolute Gasteiger partial charge is 0.0774 e. The fourth-order valence-electron chi connectivity index (χ4n) is 1.16. The molecular formula is C9H18O4. The van der Waals surface area contributed by atoms with Crippen LogP contribution in [0.15, 0.2) is 0 Å². The van der Waals surface area contributed by atoms with Crippen molar-refractivity contribution in [2.24, 2.45) is 0 Å². The quantitative estimate of drug-likeness (QED) is 0.592. The van der Waals surface area contributed by atoms with Crippen molar-refractivity contribution in [2.45, 2.75) is 18.9 Å². The van der Waals surface area contributed by atoms with E-state index in [9.17, 15) is 5.11 Å². The first kappa shape index (κ1) is 10.9. The van der Waals surface area contributed by atoms with Crippen LogP contribution >= 0.6 is 0 Å². The van der Waals surface area contributed by atoms with Gasteiger partial charge in [0, 0.05) is 6.61 Å². The van der Waals surface area contributed by atoms with Crippen LogP contribution in [0, 0.1) is 0 Å². The maximum atomic E-state index is 9.37. The van der Waals surface area contributed by atoms with Gasteiger partial charge in [0.25, 0.3) is 0 Å². The molecule has 1 heterocycles. The second kappa shape index (κ2) is 7.26. The molecule has 0 bridgehead atoms. The van der Waals surface area contributed by atoms with E-state index in [-0.39, 0.29) is 6.10 Å². The van der Waals surface area contributed by atoms with Gasteiger partial charge in [0.15, 0.2) is 0 Å². The maximum absolute atomic E-state index is 9.37. The van der Waals surface area contributed by atoms with Gasteiger partial charge in [0.05, 0.1) is 39.1 Å². The molecule has 4 nitrogen and oxygen atoms in total. The first-order valence-corrected chi connectivity index (χ1v) is 4.81. The van der Waals surface area contributed by atoms with E-state index in [1.54, 1.807) is 0 Å². The topological polar surface area (TPSA) is 47.9 Å². The molecule has 1 rings (SSSR count). The third kappa shape index (κ3) is 5.99. The van der Waals surface area contributed by atoms with Gasteiger partial charge in [-0.2, -0.15) is 0 Å². The fraction of sp³-hybridized carbons (Fsp3) is 1.00. The first-order valence-electron chi connectivity index (χ1n) is 4.81. The third-order valence-electron chi connectivity index (χ3n) is 1.88. The summed E-state index contributed by atoms with van der Waals surface area (Å²) in [5.41, 5.74) is 0. The Bertz CT molecular complexity index is 106. The van der Waals surface area contributed by atoms with Crippen molar-refractivity contribution in [3.8, 4) is 0 Å². The molecule has 0 aromatic carbocycles. The van der Waals surface area contributed by atoms with Crippen LogP contribution in [0.5, 0.6) is 0 Å². The Morgan fingerprint density at radius 1 is 0.846 bits per heavy atom. The number of aliphatic hydroxyl groups is 1. The molecule has 0 aromatic rings. The number of hydrogen-bond donors (Lipinski definition) is 1. The Kier molecular flexibility index (Phi) is 6.10. The summed E-state index contributed by atoms with van der Waals surface area (Å²) in [7, 11) is 0. The van der Waals surface area contributed by atoms with E-state index >= 15 is 0 Å². The molecule has 1 atom stereocenters. The zero-order valence-electron chi connectivity index (χ0n) is 7.91. The van der Waals surface area contributed by atoms with Crippen molar-refractivity contribution in [1.82, 2.24) is 0 Å². The number of ether oxygens (including phenoxy) is 3. The van der Waals surface area contributed by atoms with E-state index in [0.717, 1.165) is 12.8 Å². The molecule has 1 N–H and O–H groups in total. The largest absolute Gasteiger partial charge is 0.391 e. The van der Waals surface area contributed by atoms with E-state index < -0.39 is 0 Å². The molecule has 1 fully saturated rings. The van der Waals surface area contributed by atoms with Gasteiger partial charge in [-0.3, -0.25) is 0 Å². The van der Waals surface area contributed by atoms with Crippen molar-refractivity contribution in [2.75, 3.05) is 39.6 Å². The molecule has 0 radical (unpaired) electrons.